The van der Waals surface area contributed by atoms with Crippen LogP contribution in [0.5, 0.6) is 0 Å². The molecule has 0 spiro atoms. The van der Waals surface area contributed by atoms with Crippen LogP contribution in [0, 0.1) is 23.7 Å². The number of nitrogens with zero attached hydrogens (tertiary/aromatic N) is 1. The molecule has 5 N–H and O–H groups in total. The van der Waals surface area contributed by atoms with Crippen molar-refractivity contribution in [3.63, 3.8) is 0 Å². The summed E-state index contributed by atoms with van der Waals surface area (Å²) in [5.74, 6) is -3.44. The summed E-state index contributed by atoms with van der Waals surface area (Å²) in [4.78, 5) is 51.2. The molecule has 256 valence electrons. The quantitative estimate of drug-likeness (QED) is 0.221. The maximum Gasteiger partial charge on any atom is 0.404 e. The van der Waals surface area contributed by atoms with E-state index in [-0.39, 0.29) is 25.2 Å². The fourth-order valence-electron chi connectivity index (χ4n) is 6.09. The zero-order valence-corrected chi connectivity index (χ0v) is 27.4. The van der Waals surface area contributed by atoms with E-state index in [1.165, 1.54) is 6.08 Å². The highest BCUT2D eigenvalue weighted by Crippen LogP contribution is 2.34. The summed E-state index contributed by atoms with van der Waals surface area (Å²) in [6.45, 7) is 8.41. The van der Waals surface area contributed by atoms with Crippen LogP contribution < -0.4 is 5.73 Å². The number of aldehydes is 1. The third kappa shape index (κ3) is 11.0. The van der Waals surface area contributed by atoms with Gasteiger partial charge in [-0.3, -0.25) is 9.59 Å². The number of carbonyl (C=O) groups is 4. The molecule has 2 aliphatic rings. The first-order valence-corrected chi connectivity index (χ1v) is 15.6. The van der Waals surface area contributed by atoms with Gasteiger partial charge in [-0.2, -0.15) is 0 Å². The molecule has 2 aliphatic heterocycles. The average molecular weight is 641 g/mol. The zero-order valence-electron chi connectivity index (χ0n) is 27.4. The Balaban J connectivity index is 2.53. The van der Waals surface area contributed by atoms with Crippen LogP contribution in [-0.2, 0) is 33.3 Å². The number of hydrogen-bond acceptors (Lipinski definition) is 12. The number of amides is 1. The van der Waals surface area contributed by atoms with Crippen molar-refractivity contribution >= 4 is 24.1 Å². The summed E-state index contributed by atoms with van der Waals surface area (Å²) in [5, 5.41) is 33.2. The monoisotopic (exact) mass is 640 g/mol. The highest BCUT2D eigenvalue weighted by molar-refractivity contribution is 5.91. The average Bonchev–Trinajstić information content (AvgIpc) is 2.96. The van der Waals surface area contributed by atoms with Crippen LogP contribution in [0.4, 0.5) is 4.79 Å². The van der Waals surface area contributed by atoms with E-state index < -0.39 is 91.1 Å². The summed E-state index contributed by atoms with van der Waals surface area (Å²) >= 11 is 0. The van der Waals surface area contributed by atoms with E-state index in [0.29, 0.717) is 18.3 Å². The number of esters is 1. The van der Waals surface area contributed by atoms with E-state index in [1.54, 1.807) is 65.8 Å². The van der Waals surface area contributed by atoms with Gasteiger partial charge < -0.3 is 49.7 Å². The number of rotatable bonds is 8. The van der Waals surface area contributed by atoms with Crippen LogP contribution in [0.3, 0.4) is 0 Å². The number of cyclic esters (lactones) is 1. The molecular formula is C32H52N2O11. The van der Waals surface area contributed by atoms with E-state index in [9.17, 15) is 34.5 Å². The molecule has 45 heavy (non-hydrogen) atoms. The highest BCUT2D eigenvalue weighted by Gasteiger charge is 2.47. The second-order valence-electron chi connectivity index (χ2n) is 12.6. The molecule has 0 aromatic heterocycles. The molecule has 0 unspecified atom stereocenters. The minimum absolute atomic E-state index is 0.0238. The molecule has 13 nitrogen and oxygen atoms in total. The van der Waals surface area contributed by atoms with Gasteiger partial charge >= 0.3 is 12.1 Å². The van der Waals surface area contributed by atoms with Crippen LogP contribution in [0.1, 0.15) is 60.3 Å². The second-order valence-corrected chi connectivity index (χ2v) is 12.6. The number of ether oxygens (including phenoxy) is 4. The minimum atomic E-state index is -1.31. The molecule has 13 heteroatoms. The summed E-state index contributed by atoms with van der Waals surface area (Å²) in [6.07, 6.45) is -2.64. The molecule has 2 heterocycles. The first-order valence-electron chi connectivity index (χ1n) is 15.6. The van der Waals surface area contributed by atoms with Crippen molar-refractivity contribution in [2.45, 2.75) is 109 Å². The summed E-state index contributed by atoms with van der Waals surface area (Å²) in [7, 11) is 3.41. The molecule has 0 bridgehead atoms. The van der Waals surface area contributed by atoms with Gasteiger partial charge in [-0.05, 0) is 52.8 Å². The number of hydrogen-bond donors (Lipinski definition) is 4. The zero-order chi connectivity index (χ0) is 34.0. The first-order chi connectivity index (χ1) is 21.1. The van der Waals surface area contributed by atoms with Crippen molar-refractivity contribution in [3.05, 3.63) is 23.8 Å². The van der Waals surface area contributed by atoms with Crippen LogP contribution in [0.25, 0.3) is 0 Å². The molecule has 0 radical (unpaired) electrons. The molecular weight excluding hydrogens is 588 g/mol. The van der Waals surface area contributed by atoms with Crippen molar-refractivity contribution in [2.24, 2.45) is 29.4 Å². The number of aliphatic hydroxyl groups excluding tert-OH is 3. The van der Waals surface area contributed by atoms with E-state index in [0.717, 1.165) is 0 Å². The van der Waals surface area contributed by atoms with Gasteiger partial charge in [0.15, 0.2) is 12.1 Å². The lowest BCUT2D eigenvalue weighted by molar-refractivity contribution is -0.304. The highest BCUT2D eigenvalue weighted by atomic mass is 16.7. The van der Waals surface area contributed by atoms with Crippen LogP contribution >= 0.6 is 0 Å². The van der Waals surface area contributed by atoms with Crippen molar-refractivity contribution in [3.8, 4) is 0 Å². The van der Waals surface area contributed by atoms with E-state index in [4.69, 9.17) is 24.7 Å². The Morgan fingerprint density at radius 3 is 2.38 bits per heavy atom. The maximum absolute atomic E-state index is 13.2. The van der Waals surface area contributed by atoms with Crippen LogP contribution in [0.2, 0.25) is 0 Å². The smallest absolute Gasteiger partial charge is 0.404 e. The normalized spacial score (nSPS) is 39.4. The van der Waals surface area contributed by atoms with Gasteiger partial charge in [0.05, 0.1) is 36.9 Å². The van der Waals surface area contributed by atoms with Gasteiger partial charge in [-0.1, -0.05) is 38.5 Å². The maximum atomic E-state index is 13.2. The Hall–Kier alpha value is -2.68. The molecule has 1 fully saturated rings. The van der Waals surface area contributed by atoms with Gasteiger partial charge in [-0.25, -0.2) is 4.79 Å². The van der Waals surface area contributed by atoms with Crippen molar-refractivity contribution in [1.82, 2.24) is 4.90 Å². The molecule has 0 aliphatic carbocycles. The lowest BCUT2D eigenvalue weighted by Gasteiger charge is -2.46. The summed E-state index contributed by atoms with van der Waals surface area (Å²) < 4.78 is 23.0. The first kappa shape index (κ1) is 38.5. The van der Waals surface area contributed by atoms with Gasteiger partial charge in [0.25, 0.3) is 0 Å². The third-order valence-corrected chi connectivity index (χ3v) is 8.77. The standard InChI is InChI=1S/C32H52N2O11/c1-8-25-22(16-42-32(33)41)13-17(2)9-10-23(36)18(3)14-21(11-12-35)30(19(4)24(37)15-26(38)44-25)45-31-29(40)27(34(6)7)28(39)20(5)43-31/h9-10,12-13,18-22,24-25,27-31,37,39-40H,8,11,14-16H2,1-7H3,(H2,33,41)/b10-9+,17-13+/t18-,19+,20-,21+,22-,24-,25-,27+,28-,29-,30-,31+/m1/s1. The number of aliphatic hydroxyl groups is 3. The van der Waals surface area contributed by atoms with Crippen LogP contribution in [-0.4, -0.2) is 114 Å². The fraction of sp³-hybridized carbons (Fsp3) is 0.750. The SMILES string of the molecule is CC[C@H]1OC(=O)C[C@@H](O)[C@H](C)[C@@H](O[C@@H]2O[C@H](C)[C@@H](O)[C@H](N(C)C)[C@H]2O)[C@@H](CC=O)C[C@@H](C)C(=O)/C=C/C(C)=C/[C@@H]1COC(N)=O. The number of nitrogens with two attached hydrogens (primary N) is 1. The molecule has 1 saturated heterocycles. The fourth-order valence-corrected chi connectivity index (χ4v) is 6.09. The lowest BCUT2D eigenvalue weighted by Crippen LogP contribution is -2.63. The number of allylic oxidation sites excluding steroid dienone is 3. The van der Waals surface area contributed by atoms with E-state index >= 15 is 0 Å². The molecule has 12 atom stereocenters. The molecule has 0 saturated carbocycles. The molecule has 2 rings (SSSR count). The van der Waals surface area contributed by atoms with E-state index in [1.807, 2.05) is 0 Å². The molecule has 0 aromatic carbocycles. The van der Waals surface area contributed by atoms with Gasteiger partial charge in [0, 0.05) is 24.2 Å². The van der Waals surface area contributed by atoms with Crippen molar-refractivity contribution in [1.29, 1.82) is 0 Å². The topological polar surface area (TPSA) is 195 Å². The van der Waals surface area contributed by atoms with Gasteiger partial charge in [0.1, 0.15) is 25.1 Å². The number of ketones is 1. The Labute approximate surface area is 265 Å². The number of likely N-dealkylation sites (N-methyl/N-ethyl adjacent to an activating group) is 1. The second kappa shape index (κ2) is 17.9. The largest absolute Gasteiger partial charge is 0.462 e. The van der Waals surface area contributed by atoms with Crippen LogP contribution in [0.15, 0.2) is 23.8 Å². The van der Waals surface area contributed by atoms with Gasteiger partial charge in [-0.15, -0.1) is 0 Å². The predicted octanol–water partition coefficient (Wildman–Crippen LogP) is 1.51. The van der Waals surface area contributed by atoms with Gasteiger partial charge in [0.2, 0.25) is 0 Å². The summed E-state index contributed by atoms with van der Waals surface area (Å²) in [5.41, 5.74) is 5.83. The van der Waals surface area contributed by atoms with E-state index in [2.05, 4.69) is 0 Å². The van der Waals surface area contributed by atoms with Crippen molar-refractivity contribution in [2.75, 3.05) is 20.7 Å². The predicted molar refractivity (Wildman–Crippen MR) is 164 cm³/mol. The van der Waals surface area contributed by atoms with Crippen molar-refractivity contribution < 1.29 is 53.4 Å². The third-order valence-electron chi connectivity index (χ3n) is 8.77. The Bertz CT molecular complexity index is 1060. The molecule has 0 aromatic rings. The summed E-state index contributed by atoms with van der Waals surface area (Å²) in [6, 6.07) is -0.732. The number of carbonyl (C=O) groups excluding carboxylic acids is 4. The number of primary amides is 1. The Morgan fingerprint density at radius 2 is 1.80 bits per heavy atom. The Kier molecular flexibility index (Phi) is 15.3. The Morgan fingerprint density at radius 1 is 1.13 bits per heavy atom. The lowest BCUT2D eigenvalue weighted by atomic mass is 9.79. The minimum Gasteiger partial charge on any atom is -0.462 e. The molecule has 1 amide bonds.